The minimum absolute atomic E-state index is 0.174. The number of carbonyl (C=O) groups is 3. The first-order valence-electron chi connectivity index (χ1n) is 10.4. The highest BCUT2D eigenvalue weighted by molar-refractivity contribution is 6.46. The van der Waals surface area contributed by atoms with Crippen LogP contribution in [0.4, 0.5) is 17.1 Å². The third kappa shape index (κ3) is 4.48. The zero-order chi connectivity index (χ0) is 23.5. The Bertz CT molecular complexity index is 1240. The number of rotatable bonds is 6. The van der Waals surface area contributed by atoms with E-state index < -0.39 is 11.8 Å². The van der Waals surface area contributed by atoms with E-state index in [9.17, 15) is 14.4 Å². The van der Waals surface area contributed by atoms with Crippen LogP contribution in [0.2, 0.25) is 0 Å². The van der Waals surface area contributed by atoms with Crippen molar-refractivity contribution in [2.24, 2.45) is 0 Å². The number of nitrogens with zero attached hydrogens (tertiary/aromatic N) is 1. The molecule has 0 aliphatic carbocycles. The molecule has 0 unspecified atom stereocenters. The summed E-state index contributed by atoms with van der Waals surface area (Å²) >= 11 is 0. The lowest BCUT2D eigenvalue weighted by molar-refractivity contribution is -0.120. The summed E-state index contributed by atoms with van der Waals surface area (Å²) in [6, 6.07) is 21.1. The molecule has 7 heteroatoms. The van der Waals surface area contributed by atoms with E-state index in [-0.39, 0.29) is 11.6 Å². The monoisotopic (exact) mass is 441 g/mol. The second-order valence-corrected chi connectivity index (χ2v) is 7.64. The van der Waals surface area contributed by atoms with E-state index in [2.05, 4.69) is 10.6 Å². The predicted molar refractivity (Wildman–Crippen MR) is 128 cm³/mol. The van der Waals surface area contributed by atoms with E-state index in [1.165, 1.54) is 6.92 Å². The Balaban J connectivity index is 1.73. The van der Waals surface area contributed by atoms with Gasteiger partial charge in [0.15, 0.2) is 0 Å². The van der Waals surface area contributed by atoms with Crippen LogP contribution in [-0.4, -0.2) is 24.8 Å². The van der Waals surface area contributed by atoms with Gasteiger partial charge in [-0.05, 0) is 61.0 Å². The summed E-state index contributed by atoms with van der Waals surface area (Å²) < 4.78 is 5.18. The Labute approximate surface area is 191 Å². The first-order valence-corrected chi connectivity index (χ1v) is 10.4. The molecule has 7 nitrogen and oxygen atoms in total. The third-order valence-electron chi connectivity index (χ3n) is 5.23. The zero-order valence-corrected chi connectivity index (χ0v) is 18.5. The number of benzene rings is 3. The molecule has 4 rings (SSSR count). The maximum atomic E-state index is 13.5. The number of hydrogen-bond acceptors (Lipinski definition) is 5. The Morgan fingerprint density at radius 2 is 1.42 bits per heavy atom. The number of nitrogens with one attached hydrogen (secondary N) is 2. The van der Waals surface area contributed by atoms with Gasteiger partial charge >= 0.3 is 0 Å². The molecule has 0 fully saturated rings. The summed E-state index contributed by atoms with van der Waals surface area (Å²) in [5.41, 5.74) is 3.87. The summed E-state index contributed by atoms with van der Waals surface area (Å²) in [7, 11) is 1.55. The molecule has 33 heavy (non-hydrogen) atoms. The van der Waals surface area contributed by atoms with E-state index in [1.807, 2.05) is 31.2 Å². The maximum absolute atomic E-state index is 13.5. The highest BCUT2D eigenvalue weighted by Crippen LogP contribution is 2.34. The number of ether oxygens (including phenoxy) is 1. The molecule has 1 aliphatic heterocycles. The van der Waals surface area contributed by atoms with Crippen LogP contribution >= 0.6 is 0 Å². The molecule has 1 heterocycles. The molecule has 3 amide bonds. The van der Waals surface area contributed by atoms with Gasteiger partial charge < -0.3 is 15.4 Å². The summed E-state index contributed by atoms with van der Waals surface area (Å²) in [5, 5.41) is 5.82. The average molecular weight is 441 g/mol. The van der Waals surface area contributed by atoms with Gasteiger partial charge in [-0.15, -0.1) is 0 Å². The van der Waals surface area contributed by atoms with Gasteiger partial charge in [0.25, 0.3) is 11.8 Å². The van der Waals surface area contributed by atoms with E-state index >= 15 is 0 Å². The van der Waals surface area contributed by atoms with Crippen LogP contribution in [0.25, 0.3) is 5.57 Å². The van der Waals surface area contributed by atoms with Crippen LogP contribution in [0.15, 0.2) is 78.5 Å². The molecule has 1 aliphatic rings. The molecule has 0 atom stereocenters. The van der Waals surface area contributed by atoms with Crippen LogP contribution < -0.4 is 20.3 Å². The van der Waals surface area contributed by atoms with Crippen LogP contribution in [0, 0.1) is 6.92 Å². The van der Waals surface area contributed by atoms with E-state index in [1.54, 1.807) is 55.6 Å². The summed E-state index contributed by atoms with van der Waals surface area (Å²) in [6.45, 7) is 3.39. The fourth-order valence-electron chi connectivity index (χ4n) is 3.58. The van der Waals surface area contributed by atoms with Crippen molar-refractivity contribution in [3.05, 3.63) is 89.6 Å². The van der Waals surface area contributed by atoms with Crippen molar-refractivity contribution in [3.8, 4) is 5.75 Å². The van der Waals surface area contributed by atoms with Gasteiger partial charge in [-0.3, -0.25) is 14.4 Å². The average Bonchev–Trinajstić information content (AvgIpc) is 3.05. The Morgan fingerprint density at radius 1 is 0.818 bits per heavy atom. The first kappa shape index (κ1) is 21.8. The molecular weight excluding hydrogens is 418 g/mol. The Kier molecular flexibility index (Phi) is 5.95. The molecule has 0 radical (unpaired) electrons. The number of anilines is 3. The molecule has 3 aromatic carbocycles. The summed E-state index contributed by atoms with van der Waals surface area (Å²) in [4.78, 5) is 39.3. The van der Waals surface area contributed by atoms with Crippen molar-refractivity contribution in [2.45, 2.75) is 13.8 Å². The highest BCUT2D eigenvalue weighted by atomic mass is 16.5. The fraction of sp³-hybridized carbons (Fsp3) is 0.115. The molecule has 0 bridgehead atoms. The number of amides is 3. The highest BCUT2D eigenvalue weighted by Gasteiger charge is 2.40. The van der Waals surface area contributed by atoms with Crippen LogP contribution in [0.1, 0.15) is 18.1 Å². The van der Waals surface area contributed by atoms with Crippen molar-refractivity contribution in [3.63, 3.8) is 0 Å². The van der Waals surface area contributed by atoms with Crippen molar-refractivity contribution in [1.29, 1.82) is 0 Å². The van der Waals surface area contributed by atoms with Crippen molar-refractivity contribution < 1.29 is 19.1 Å². The maximum Gasteiger partial charge on any atom is 0.282 e. The number of methoxy groups -OCH3 is 1. The molecule has 0 saturated heterocycles. The lowest BCUT2D eigenvalue weighted by Crippen LogP contribution is -2.32. The topological polar surface area (TPSA) is 87.7 Å². The zero-order valence-electron chi connectivity index (χ0n) is 18.5. The number of carbonyl (C=O) groups excluding carboxylic acids is 3. The molecule has 166 valence electrons. The molecular formula is C26H23N3O4. The number of imide groups is 1. The van der Waals surface area contributed by atoms with Crippen molar-refractivity contribution in [2.75, 3.05) is 22.6 Å². The Morgan fingerprint density at radius 3 is 2.00 bits per heavy atom. The molecule has 0 saturated carbocycles. The minimum Gasteiger partial charge on any atom is -0.497 e. The molecule has 0 aromatic heterocycles. The predicted octanol–water partition coefficient (Wildman–Crippen LogP) is 4.36. The fourth-order valence-corrected chi connectivity index (χ4v) is 3.58. The molecule has 2 N–H and O–H groups in total. The second kappa shape index (κ2) is 9.00. The summed E-state index contributed by atoms with van der Waals surface area (Å²) in [5.74, 6) is -0.410. The lowest BCUT2D eigenvalue weighted by atomic mass is 10.0. The standard InChI is InChI=1S/C26H23N3O4/c1-16-4-6-18(7-5-16)23-24(28-20-10-8-19(9-11-20)27-17(2)30)26(32)29(25(23)31)21-12-14-22(33-3)15-13-21/h4-15,28H,1-3H3,(H,27,30). The number of hydrogen-bond donors (Lipinski definition) is 2. The van der Waals surface area contributed by atoms with E-state index in [0.717, 1.165) is 10.5 Å². The van der Waals surface area contributed by atoms with Gasteiger partial charge in [-0.1, -0.05) is 29.8 Å². The quantitative estimate of drug-likeness (QED) is 0.555. The Hall–Kier alpha value is -4.39. The largest absolute Gasteiger partial charge is 0.497 e. The van der Waals surface area contributed by atoms with Gasteiger partial charge in [-0.2, -0.15) is 0 Å². The van der Waals surface area contributed by atoms with Gasteiger partial charge in [0.1, 0.15) is 11.4 Å². The molecule has 3 aromatic rings. The van der Waals surface area contributed by atoms with Crippen molar-refractivity contribution >= 4 is 40.4 Å². The summed E-state index contributed by atoms with van der Waals surface area (Å²) in [6.07, 6.45) is 0. The minimum atomic E-state index is -0.452. The number of aryl methyl sites for hydroxylation is 1. The smallest absolute Gasteiger partial charge is 0.282 e. The van der Waals surface area contributed by atoms with E-state index in [0.29, 0.717) is 33.9 Å². The van der Waals surface area contributed by atoms with Crippen LogP contribution in [0.3, 0.4) is 0 Å². The normalized spacial score (nSPS) is 13.4. The van der Waals surface area contributed by atoms with Crippen LogP contribution in [-0.2, 0) is 14.4 Å². The van der Waals surface area contributed by atoms with Crippen molar-refractivity contribution in [1.82, 2.24) is 0 Å². The van der Waals surface area contributed by atoms with Crippen LogP contribution in [0.5, 0.6) is 5.75 Å². The lowest BCUT2D eigenvalue weighted by Gasteiger charge is -2.16. The third-order valence-corrected chi connectivity index (χ3v) is 5.23. The first-order chi connectivity index (χ1) is 15.9. The second-order valence-electron chi connectivity index (χ2n) is 7.64. The SMILES string of the molecule is COc1ccc(N2C(=O)C(Nc3ccc(NC(C)=O)cc3)=C(c3ccc(C)cc3)C2=O)cc1. The van der Waals surface area contributed by atoms with Gasteiger partial charge in [-0.25, -0.2) is 4.90 Å². The molecule has 0 spiro atoms. The van der Waals surface area contributed by atoms with Gasteiger partial charge in [0.05, 0.1) is 18.4 Å². The van der Waals surface area contributed by atoms with Gasteiger partial charge in [0, 0.05) is 18.3 Å². The van der Waals surface area contributed by atoms with E-state index in [4.69, 9.17) is 4.74 Å². The van der Waals surface area contributed by atoms with Gasteiger partial charge in [0.2, 0.25) is 5.91 Å².